The normalized spacial score (nSPS) is 17.0. The van der Waals surface area contributed by atoms with E-state index in [9.17, 15) is 4.79 Å². The average molecular weight is 442 g/mol. The van der Waals surface area contributed by atoms with Crippen LogP contribution in [0.3, 0.4) is 0 Å². The zero-order valence-electron chi connectivity index (χ0n) is 18.3. The van der Waals surface area contributed by atoms with Crippen LogP contribution >= 0.6 is 11.8 Å². The molecule has 2 aromatic rings. The predicted octanol–water partition coefficient (Wildman–Crippen LogP) is 5.09. The third-order valence-corrected chi connectivity index (χ3v) is 6.79. The second kappa shape index (κ2) is 10.2. The maximum Gasteiger partial charge on any atom is 0.321 e. The molecule has 31 heavy (non-hydrogen) atoms. The maximum absolute atomic E-state index is 12.9. The molecule has 2 aromatic carbocycles. The summed E-state index contributed by atoms with van der Waals surface area (Å²) in [5, 5.41) is 3.03. The molecule has 0 spiro atoms. The van der Waals surface area contributed by atoms with Crippen LogP contribution in [-0.4, -0.2) is 56.6 Å². The van der Waals surface area contributed by atoms with Crippen molar-refractivity contribution in [3.63, 3.8) is 0 Å². The minimum Gasteiger partial charge on any atom is -0.493 e. The van der Waals surface area contributed by atoms with Gasteiger partial charge in [0.05, 0.1) is 18.9 Å². The summed E-state index contributed by atoms with van der Waals surface area (Å²) in [6.07, 6.45) is 6.89. The Kier molecular flexibility index (Phi) is 7.12. The van der Waals surface area contributed by atoms with Crippen LogP contribution in [-0.2, 0) is 0 Å². The number of para-hydroxylation sites is 1. The van der Waals surface area contributed by atoms with Crippen LogP contribution in [0.25, 0.3) is 0 Å². The second-order valence-electron chi connectivity index (χ2n) is 7.97. The molecule has 2 amide bonds. The van der Waals surface area contributed by atoms with Crippen molar-refractivity contribution in [1.29, 1.82) is 0 Å². The maximum atomic E-state index is 12.9. The van der Waals surface area contributed by atoms with E-state index < -0.39 is 0 Å². The molecule has 0 unspecified atom stereocenters. The zero-order valence-corrected chi connectivity index (χ0v) is 19.1. The van der Waals surface area contributed by atoms with Gasteiger partial charge in [-0.2, -0.15) is 0 Å². The van der Waals surface area contributed by atoms with Gasteiger partial charge in [0, 0.05) is 42.8 Å². The molecule has 1 N–H and O–H groups in total. The highest BCUT2D eigenvalue weighted by molar-refractivity contribution is 7.98. The molecule has 1 saturated carbocycles. The minimum absolute atomic E-state index is 0.0743. The fourth-order valence-corrected chi connectivity index (χ4v) is 4.90. The van der Waals surface area contributed by atoms with Crippen LogP contribution in [0.15, 0.2) is 47.4 Å². The number of hydrogen-bond acceptors (Lipinski definition) is 5. The van der Waals surface area contributed by atoms with E-state index in [-0.39, 0.29) is 12.1 Å². The molecule has 2 fully saturated rings. The van der Waals surface area contributed by atoms with Crippen molar-refractivity contribution in [2.45, 2.75) is 36.7 Å². The molecule has 0 atom stereocenters. The Morgan fingerprint density at radius 3 is 2.48 bits per heavy atom. The summed E-state index contributed by atoms with van der Waals surface area (Å²) < 4.78 is 11.6. The smallest absolute Gasteiger partial charge is 0.321 e. The molecule has 6 nitrogen and oxygen atoms in total. The number of piperazine rings is 1. The van der Waals surface area contributed by atoms with Crippen molar-refractivity contribution in [3.8, 4) is 11.5 Å². The van der Waals surface area contributed by atoms with Crippen LogP contribution in [0.2, 0.25) is 0 Å². The molecule has 1 heterocycles. The van der Waals surface area contributed by atoms with E-state index in [1.807, 2.05) is 23.1 Å². The molecule has 1 saturated heterocycles. The summed E-state index contributed by atoms with van der Waals surface area (Å²) in [6.45, 7) is 3.03. The van der Waals surface area contributed by atoms with E-state index in [1.54, 1.807) is 18.9 Å². The lowest BCUT2D eigenvalue weighted by Crippen LogP contribution is -2.50. The van der Waals surface area contributed by atoms with Crippen LogP contribution in [0.4, 0.5) is 16.2 Å². The first-order valence-electron chi connectivity index (χ1n) is 11.0. The summed E-state index contributed by atoms with van der Waals surface area (Å²) in [5.74, 6) is 1.40. The quantitative estimate of drug-likeness (QED) is 0.633. The van der Waals surface area contributed by atoms with Crippen molar-refractivity contribution in [3.05, 3.63) is 42.5 Å². The highest BCUT2D eigenvalue weighted by Gasteiger charge is 2.23. The number of benzene rings is 2. The van der Waals surface area contributed by atoms with Gasteiger partial charge in [-0.05, 0) is 56.2 Å². The number of amides is 2. The minimum atomic E-state index is -0.0743. The Hall–Kier alpha value is -2.54. The fraction of sp³-hybridized carbons (Fsp3) is 0.458. The Morgan fingerprint density at radius 1 is 1.03 bits per heavy atom. The summed E-state index contributed by atoms with van der Waals surface area (Å²) >= 11 is 1.76. The lowest BCUT2D eigenvalue weighted by molar-refractivity contribution is 0.201. The van der Waals surface area contributed by atoms with Gasteiger partial charge in [-0.25, -0.2) is 4.79 Å². The van der Waals surface area contributed by atoms with Gasteiger partial charge >= 0.3 is 6.03 Å². The van der Waals surface area contributed by atoms with Gasteiger partial charge in [-0.1, -0.05) is 12.1 Å². The summed E-state index contributed by atoms with van der Waals surface area (Å²) in [5.41, 5.74) is 1.98. The Labute approximate surface area is 188 Å². The number of thioether (sulfide) groups is 1. The fourth-order valence-electron chi connectivity index (χ4n) is 4.28. The molecule has 1 aliphatic carbocycles. The number of rotatable bonds is 6. The number of carbonyl (C=O) groups excluding carboxylic acids is 1. The van der Waals surface area contributed by atoms with E-state index >= 15 is 0 Å². The van der Waals surface area contributed by atoms with Gasteiger partial charge in [-0.3, -0.25) is 0 Å². The van der Waals surface area contributed by atoms with E-state index in [0.717, 1.165) is 31.6 Å². The predicted molar refractivity (Wildman–Crippen MR) is 127 cm³/mol. The number of carbonyl (C=O) groups is 1. The second-order valence-corrected chi connectivity index (χ2v) is 8.81. The Morgan fingerprint density at radius 2 is 1.77 bits per heavy atom. The highest BCUT2D eigenvalue weighted by atomic mass is 32.2. The zero-order chi connectivity index (χ0) is 21.6. The van der Waals surface area contributed by atoms with E-state index in [0.29, 0.717) is 24.6 Å². The van der Waals surface area contributed by atoms with Crippen LogP contribution in [0.1, 0.15) is 25.7 Å². The van der Waals surface area contributed by atoms with E-state index in [2.05, 4.69) is 40.7 Å². The van der Waals surface area contributed by atoms with Crippen LogP contribution in [0, 0.1) is 0 Å². The number of methoxy groups -OCH3 is 1. The first kappa shape index (κ1) is 21.7. The molecule has 1 aliphatic heterocycles. The van der Waals surface area contributed by atoms with Crippen LogP contribution < -0.4 is 19.7 Å². The largest absolute Gasteiger partial charge is 0.493 e. The topological polar surface area (TPSA) is 54.0 Å². The molecule has 166 valence electrons. The van der Waals surface area contributed by atoms with Crippen LogP contribution in [0.5, 0.6) is 11.5 Å². The molecular weight excluding hydrogens is 410 g/mol. The van der Waals surface area contributed by atoms with E-state index in [1.165, 1.54) is 23.4 Å². The molecule has 7 heteroatoms. The average Bonchev–Trinajstić information content (AvgIpc) is 3.32. The van der Waals surface area contributed by atoms with Crippen molar-refractivity contribution in [2.75, 3.05) is 49.8 Å². The highest BCUT2D eigenvalue weighted by Crippen LogP contribution is 2.34. The number of ether oxygens (including phenoxy) is 2. The van der Waals surface area contributed by atoms with Gasteiger partial charge in [-0.15, -0.1) is 11.8 Å². The van der Waals surface area contributed by atoms with Crippen molar-refractivity contribution in [1.82, 2.24) is 4.90 Å². The van der Waals surface area contributed by atoms with Gasteiger partial charge in [0.2, 0.25) is 0 Å². The number of hydrogen-bond donors (Lipinski definition) is 1. The van der Waals surface area contributed by atoms with Gasteiger partial charge in [0.15, 0.2) is 11.5 Å². The third-order valence-electron chi connectivity index (χ3n) is 6.00. The molecule has 0 aromatic heterocycles. The van der Waals surface area contributed by atoms with Crippen molar-refractivity contribution >= 4 is 29.2 Å². The first-order valence-corrected chi connectivity index (χ1v) is 12.2. The molecule has 0 radical (unpaired) electrons. The first-order chi connectivity index (χ1) is 15.2. The summed E-state index contributed by atoms with van der Waals surface area (Å²) in [4.78, 5) is 18.4. The molecule has 4 rings (SSSR count). The number of urea groups is 1. The lowest BCUT2D eigenvalue weighted by Gasteiger charge is -2.36. The lowest BCUT2D eigenvalue weighted by atomic mass is 10.2. The monoisotopic (exact) mass is 441 g/mol. The summed E-state index contributed by atoms with van der Waals surface area (Å²) in [6, 6.07) is 14.0. The molecule has 2 aliphatic rings. The molecule has 0 bridgehead atoms. The number of nitrogens with zero attached hydrogens (tertiary/aromatic N) is 2. The Balaban J connectivity index is 1.36. The number of nitrogens with one attached hydrogen (secondary N) is 1. The standard InChI is InChI=1S/C24H31N3O3S/c1-29-21-12-11-18(17-22(21)30-19-7-3-4-8-19)25-24(28)27-15-13-26(14-16-27)20-9-5-6-10-23(20)31-2/h5-6,9-12,17,19H,3-4,7-8,13-16H2,1-2H3,(H,25,28). The van der Waals surface area contributed by atoms with Crippen molar-refractivity contribution < 1.29 is 14.3 Å². The third kappa shape index (κ3) is 5.21. The van der Waals surface area contributed by atoms with Gasteiger partial charge in [0.1, 0.15) is 0 Å². The Bertz CT molecular complexity index is 893. The van der Waals surface area contributed by atoms with Gasteiger partial charge < -0.3 is 24.6 Å². The number of anilines is 2. The summed E-state index contributed by atoms with van der Waals surface area (Å²) in [7, 11) is 1.64. The van der Waals surface area contributed by atoms with E-state index in [4.69, 9.17) is 9.47 Å². The van der Waals surface area contributed by atoms with Crippen molar-refractivity contribution in [2.24, 2.45) is 0 Å². The SMILES string of the molecule is COc1ccc(NC(=O)N2CCN(c3ccccc3SC)CC2)cc1OC1CCCC1. The molecular formula is C24H31N3O3S. The van der Waals surface area contributed by atoms with Gasteiger partial charge in [0.25, 0.3) is 0 Å².